The van der Waals surface area contributed by atoms with Gasteiger partial charge >= 0.3 is 12.1 Å². The molecule has 7 nitrogen and oxygen atoms in total. The molecule has 0 saturated carbocycles. The Kier molecular flexibility index (Phi) is 7.65. The molecule has 0 saturated heterocycles. The number of halogens is 2. The summed E-state index contributed by atoms with van der Waals surface area (Å²) in [6, 6.07) is 18.3. The molecule has 0 radical (unpaired) electrons. The van der Waals surface area contributed by atoms with Gasteiger partial charge < -0.3 is 14.4 Å². The quantitative estimate of drug-likeness (QED) is 0.280. The van der Waals surface area contributed by atoms with Gasteiger partial charge in [-0.2, -0.15) is 0 Å². The van der Waals surface area contributed by atoms with Crippen LogP contribution in [0.3, 0.4) is 0 Å². The summed E-state index contributed by atoms with van der Waals surface area (Å²) in [4.78, 5) is 23.4. The minimum Gasteiger partial charge on any atom is -0.481 e. The fraction of sp³-hybridized carbons (Fsp3) is 0.148. The SMILES string of the molecule is Cc1noc(-c2ccc(-c3cc(CC(=O)O)ccc3F)cc2)c1NC(=O)OCCc1ccccc1Cl. The number of aryl methyl sites for hydroxylation is 1. The van der Waals surface area contributed by atoms with Gasteiger partial charge in [0.15, 0.2) is 5.76 Å². The van der Waals surface area contributed by atoms with Crippen LogP contribution in [0.1, 0.15) is 16.8 Å². The van der Waals surface area contributed by atoms with Crippen molar-refractivity contribution < 1.29 is 28.3 Å². The average Bonchev–Trinajstić information content (AvgIpc) is 3.21. The number of aromatic nitrogens is 1. The van der Waals surface area contributed by atoms with Gasteiger partial charge in [0.2, 0.25) is 0 Å². The number of rotatable bonds is 8. The molecule has 0 aliphatic carbocycles. The van der Waals surface area contributed by atoms with E-state index in [-0.39, 0.29) is 18.6 Å². The van der Waals surface area contributed by atoms with Crippen molar-refractivity contribution in [2.45, 2.75) is 19.8 Å². The van der Waals surface area contributed by atoms with E-state index >= 15 is 0 Å². The molecule has 36 heavy (non-hydrogen) atoms. The molecule has 0 atom stereocenters. The van der Waals surface area contributed by atoms with E-state index in [0.29, 0.717) is 45.3 Å². The minimum absolute atomic E-state index is 0.135. The number of carbonyl (C=O) groups excluding carboxylic acids is 1. The Balaban J connectivity index is 1.46. The van der Waals surface area contributed by atoms with Crippen molar-refractivity contribution in [3.05, 3.63) is 94.4 Å². The van der Waals surface area contributed by atoms with Gasteiger partial charge in [0.05, 0.1) is 13.0 Å². The molecule has 1 amide bonds. The predicted octanol–water partition coefficient (Wildman–Crippen LogP) is 6.53. The maximum absolute atomic E-state index is 14.4. The maximum Gasteiger partial charge on any atom is 0.411 e. The van der Waals surface area contributed by atoms with Crippen LogP contribution >= 0.6 is 11.6 Å². The number of ether oxygens (including phenoxy) is 1. The molecule has 1 heterocycles. The van der Waals surface area contributed by atoms with Crippen LogP contribution in [0.25, 0.3) is 22.5 Å². The molecule has 0 unspecified atom stereocenters. The van der Waals surface area contributed by atoms with Crippen molar-refractivity contribution in [2.24, 2.45) is 0 Å². The van der Waals surface area contributed by atoms with Crippen molar-refractivity contribution in [3.8, 4) is 22.5 Å². The van der Waals surface area contributed by atoms with E-state index in [1.807, 2.05) is 18.2 Å². The van der Waals surface area contributed by atoms with Gasteiger partial charge in [-0.3, -0.25) is 10.1 Å². The summed E-state index contributed by atoms with van der Waals surface area (Å²) in [5.74, 6) is -1.14. The first-order valence-electron chi connectivity index (χ1n) is 11.1. The lowest BCUT2D eigenvalue weighted by Gasteiger charge is -2.09. The molecule has 1 aromatic heterocycles. The molecule has 0 aliphatic heterocycles. The zero-order chi connectivity index (χ0) is 25.7. The van der Waals surface area contributed by atoms with Gasteiger partial charge in [-0.25, -0.2) is 9.18 Å². The van der Waals surface area contributed by atoms with Crippen molar-refractivity contribution in [3.63, 3.8) is 0 Å². The van der Waals surface area contributed by atoms with Crippen LogP contribution in [0.15, 0.2) is 71.3 Å². The molecular formula is C27H22ClFN2O5. The van der Waals surface area contributed by atoms with E-state index in [0.717, 1.165) is 5.56 Å². The number of nitrogens with one attached hydrogen (secondary N) is 1. The summed E-state index contributed by atoms with van der Waals surface area (Å²) in [5.41, 5.74) is 3.65. The topological polar surface area (TPSA) is 102 Å². The van der Waals surface area contributed by atoms with Crippen LogP contribution in [-0.4, -0.2) is 28.9 Å². The Bertz CT molecular complexity index is 1400. The molecule has 9 heteroatoms. The largest absolute Gasteiger partial charge is 0.481 e. The van der Waals surface area contributed by atoms with Gasteiger partial charge in [0.25, 0.3) is 0 Å². The molecular weight excluding hydrogens is 487 g/mol. The third kappa shape index (κ3) is 5.90. The summed E-state index contributed by atoms with van der Waals surface area (Å²) in [6.45, 7) is 1.82. The molecule has 184 valence electrons. The number of carbonyl (C=O) groups is 2. The predicted molar refractivity (Wildman–Crippen MR) is 134 cm³/mol. The smallest absolute Gasteiger partial charge is 0.411 e. The highest BCUT2D eigenvalue weighted by molar-refractivity contribution is 6.31. The second-order valence-electron chi connectivity index (χ2n) is 8.04. The Morgan fingerprint density at radius 3 is 2.53 bits per heavy atom. The van der Waals surface area contributed by atoms with Gasteiger partial charge in [-0.1, -0.05) is 65.3 Å². The van der Waals surface area contributed by atoms with Gasteiger partial charge in [0, 0.05) is 22.6 Å². The average molecular weight is 509 g/mol. The highest BCUT2D eigenvalue weighted by Gasteiger charge is 2.19. The lowest BCUT2D eigenvalue weighted by molar-refractivity contribution is -0.136. The number of aliphatic carboxylic acids is 1. The van der Waals surface area contributed by atoms with Crippen molar-refractivity contribution in [2.75, 3.05) is 11.9 Å². The Morgan fingerprint density at radius 2 is 1.81 bits per heavy atom. The standard InChI is InChI=1S/C27H22ClFN2O5/c1-16-25(30-27(34)35-13-12-19-4-2-3-5-22(19)28)26(36-31-16)20-9-7-18(8-10-20)21-14-17(15-24(32)33)6-11-23(21)29/h2-11,14H,12-13,15H2,1H3,(H,30,34)(H,32,33). The highest BCUT2D eigenvalue weighted by atomic mass is 35.5. The minimum atomic E-state index is -0.994. The van der Waals surface area contributed by atoms with Crippen LogP contribution in [0.2, 0.25) is 5.02 Å². The van der Waals surface area contributed by atoms with E-state index in [2.05, 4.69) is 10.5 Å². The molecule has 0 fully saturated rings. The number of hydrogen-bond acceptors (Lipinski definition) is 5. The Labute approximate surface area is 211 Å². The number of carboxylic acids is 1. The van der Waals surface area contributed by atoms with Crippen LogP contribution in [-0.2, 0) is 22.4 Å². The molecule has 2 N–H and O–H groups in total. The van der Waals surface area contributed by atoms with E-state index in [9.17, 15) is 14.0 Å². The monoisotopic (exact) mass is 508 g/mol. The fourth-order valence-corrected chi connectivity index (χ4v) is 3.92. The van der Waals surface area contributed by atoms with Gasteiger partial charge in [-0.15, -0.1) is 0 Å². The summed E-state index contributed by atoms with van der Waals surface area (Å²) >= 11 is 6.13. The van der Waals surface area contributed by atoms with E-state index in [1.165, 1.54) is 18.2 Å². The van der Waals surface area contributed by atoms with Crippen molar-refractivity contribution in [1.82, 2.24) is 5.16 Å². The van der Waals surface area contributed by atoms with Gasteiger partial charge in [-0.05, 0) is 41.8 Å². The lowest BCUT2D eigenvalue weighted by atomic mass is 9.99. The van der Waals surface area contributed by atoms with E-state index in [4.69, 9.17) is 26.0 Å². The van der Waals surface area contributed by atoms with E-state index in [1.54, 1.807) is 37.3 Å². The van der Waals surface area contributed by atoms with Crippen LogP contribution < -0.4 is 5.32 Å². The molecule has 4 aromatic rings. The number of nitrogens with zero attached hydrogens (tertiary/aromatic N) is 1. The number of carboxylic acid groups (broad SMARTS) is 1. The zero-order valence-electron chi connectivity index (χ0n) is 19.3. The summed E-state index contributed by atoms with van der Waals surface area (Å²) in [5, 5.41) is 16.2. The molecule has 3 aromatic carbocycles. The van der Waals surface area contributed by atoms with Crippen molar-refractivity contribution >= 4 is 29.4 Å². The van der Waals surface area contributed by atoms with Crippen LogP contribution in [0, 0.1) is 12.7 Å². The Hall–Kier alpha value is -4.17. The zero-order valence-corrected chi connectivity index (χ0v) is 20.0. The fourth-order valence-electron chi connectivity index (χ4n) is 3.69. The number of benzene rings is 3. The van der Waals surface area contributed by atoms with E-state index < -0.39 is 17.9 Å². The van der Waals surface area contributed by atoms with Gasteiger partial charge in [0.1, 0.15) is 17.2 Å². The molecule has 0 aliphatic rings. The maximum atomic E-state index is 14.4. The Morgan fingerprint density at radius 1 is 1.08 bits per heavy atom. The lowest BCUT2D eigenvalue weighted by Crippen LogP contribution is -2.16. The summed E-state index contributed by atoms with van der Waals surface area (Å²) in [6.07, 6.45) is -0.399. The number of anilines is 1. The second kappa shape index (κ2) is 11.0. The normalized spacial score (nSPS) is 10.8. The second-order valence-corrected chi connectivity index (χ2v) is 8.44. The first kappa shape index (κ1) is 24.9. The summed E-state index contributed by atoms with van der Waals surface area (Å²) in [7, 11) is 0. The molecule has 0 bridgehead atoms. The molecule has 4 rings (SSSR count). The number of hydrogen-bond donors (Lipinski definition) is 2. The third-order valence-corrected chi connectivity index (χ3v) is 5.87. The third-order valence-electron chi connectivity index (χ3n) is 5.50. The highest BCUT2D eigenvalue weighted by Crippen LogP contribution is 2.33. The van der Waals surface area contributed by atoms with Crippen LogP contribution in [0.4, 0.5) is 14.9 Å². The number of amides is 1. The van der Waals surface area contributed by atoms with Crippen molar-refractivity contribution in [1.29, 1.82) is 0 Å². The summed E-state index contributed by atoms with van der Waals surface area (Å²) < 4.78 is 25.1. The first-order valence-corrected chi connectivity index (χ1v) is 11.4. The van der Waals surface area contributed by atoms with Crippen LogP contribution in [0.5, 0.6) is 0 Å². The molecule has 0 spiro atoms. The first-order chi connectivity index (χ1) is 17.3.